The normalized spacial score (nSPS) is 10.8. The van der Waals surface area contributed by atoms with Crippen LogP contribution in [-0.4, -0.2) is 48.3 Å². The second-order valence-electron chi connectivity index (χ2n) is 8.37. The number of nitrogens with zero attached hydrogens (tertiary/aromatic N) is 3. The largest absolute Gasteiger partial charge is 0.493 e. The summed E-state index contributed by atoms with van der Waals surface area (Å²) in [5.41, 5.74) is 3.26. The number of aromatic nitrogens is 2. The van der Waals surface area contributed by atoms with E-state index in [1.54, 1.807) is 25.2 Å². The van der Waals surface area contributed by atoms with E-state index in [4.69, 9.17) is 14.0 Å². The Morgan fingerprint density at radius 3 is 2.42 bits per heavy atom. The van der Waals surface area contributed by atoms with Crippen LogP contribution in [0.4, 0.5) is 4.39 Å². The number of amides is 1. The van der Waals surface area contributed by atoms with Crippen LogP contribution in [0.15, 0.2) is 71.3 Å². The first-order chi connectivity index (χ1) is 17.5. The van der Waals surface area contributed by atoms with E-state index in [0.717, 1.165) is 16.7 Å². The Balaban J connectivity index is 1.49. The molecule has 0 aliphatic heterocycles. The highest BCUT2D eigenvalue weighted by Gasteiger charge is 2.19. The predicted molar refractivity (Wildman–Crippen MR) is 134 cm³/mol. The van der Waals surface area contributed by atoms with Gasteiger partial charge in [-0.3, -0.25) is 4.79 Å². The minimum absolute atomic E-state index is 0.270. The Morgan fingerprint density at radius 1 is 0.944 bits per heavy atom. The Kier molecular flexibility index (Phi) is 7.95. The van der Waals surface area contributed by atoms with Gasteiger partial charge in [0, 0.05) is 30.6 Å². The third-order valence-corrected chi connectivity index (χ3v) is 5.85. The molecule has 0 saturated carbocycles. The lowest BCUT2D eigenvalue weighted by atomic mass is 10.1. The van der Waals surface area contributed by atoms with Gasteiger partial charge in [-0.15, -0.1) is 0 Å². The monoisotopic (exact) mass is 489 g/mol. The minimum atomic E-state index is -0.458. The smallest absolute Gasteiger partial charge is 0.253 e. The predicted octanol–water partition coefficient (Wildman–Crippen LogP) is 5.13. The van der Waals surface area contributed by atoms with Crippen LogP contribution < -0.4 is 9.47 Å². The fourth-order valence-corrected chi connectivity index (χ4v) is 3.83. The molecule has 0 fully saturated rings. The van der Waals surface area contributed by atoms with Crippen molar-refractivity contribution >= 4 is 5.91 Å². The van der Waals surface area contributed by atoms with Crippen molar-refractivity contribution in [3.05, 3.63) is 95.1 Å². The molecule has 36 heavy (non-hydrogen) atoms. The minimum Gasteiger partial charge on any atom is -0.493 e. The summed E-state index contributed by atoms with van der Waals surface area (Å²) in [4.78, 5) is 19.4. The van der Waals surface area contributed by atoms with Crippen molar-refractivity contribution in [3.63, 3.8) is 0 Å². The maximum atomic E-state index is 13.8. The van der Waals surface area contributed by atoms with Crippen molar-refractivity contribution in [2.24, 2.45) is 0 Å². The number of halogens is 1. The molecule has 0 spiro atoms. The number of aryl methyl sites for hydroxylation is 1. The molecular weight excluding hydrogens is 461 g/mol. The lowest BCUT2D eigenvalue weighted by Gasteiger charge is -2.22. The quantitative estimate of drug-likeness (QED) is 0.307. The summed E-state index contributed by atoms with van der Waals surface area (Å²) in [5.74, 6) is 1.45. The molecule has 4 rings (SSSR count). The Bertz CT molecular complexity index is 1320. The zero-order valence-electron chi connectivity index (χ0n) is 20.5. The van der Waals surface area contributed by atoms with Crippen LogP contribution in [0.3, 0.4) is 0 Å². The highest BCUT2D eigenvalue weighted by Crippen LogP contribution is 2.28. The van der Waals surface area contributed by atoms with Gasteiger partial charge in [-0.2, -0.15) is 4.98 Å². The number of carbonyl (C=O) groups excluding carboxylic acids is 1. The molecule has 7 nitrogen and oxygen atoms in total. The summed E-state index contributed by atoms with van der Waals surface area (Å²) in [6.07, 6.45) is 0.936. The van der Waals surface area contributed by atoms with Crippen molar-refractivity contribution in [1.82, 2.24) is 15.0 Å². The summed E-state index contributed by atoms with van der Waals surface area (Å²) < 4.78 is 29.9. The molecule has 8 heteroatoms. The van der Waals surface area contributed by atoms with Gasteiger partial charge in [0.05, 0.1) is 14.2 Å². The second kappa shape index (κ2) is 11.5. The van der Waals surface area contributed by atoms with E-state index >= 15 is 0 Å². The van der Waals surface area contributed by atoms with Gasteiger partial charge < -0.3 is 18.9 Å². The first-order valence-electron chi connectivity index (χ1n) is 11.6. The van der Waals surface area contributed by atoms with Gasteiger partial charge >= 0.3 is 0 Å². The summed E-state index contributed by atoms with van der Waals surface area (Å²) >= 11 is 0. The fraction of sp³-hybridized carbons (Fsp3) is 0.250. The second-order valence-corrected chi connectivity index (χ2v) is 8.37. The molecule has 1 amide bonds. The van der Waals surface area contributed by atoms with Crippen LogP contribution in [0.25, 0.3) is 11.4 Å². The molecule has 3 aromatic carbocycles. The van der Waals surface area contributed by atoms with Crippen molar-refractivity contribution in [2.75, 3.05) is 27.3 Å². The van der Waals surface area contributed by atoms with E-state index in [1.165, 1.54) is 18.2 Å². The van der Waals surface area contributed by atoms with Gasteiger partial charge in [0.2, 0.25) is 11.7 Å². The first kappa shape index (κ1) is 24.9. The lowest BCUT2D eigenvalue weighted by molar-refractivity contribution is 0.0755. The first-order valence-corrected chi connectivity index (χ1v) is 11.6. The number of hydrogen-bond acceptors (Lipinski definition) is 6. The van der Waals surface area contributed by atoms with Crippen LogP contribution in [0.1, 0.15) is 27.4 Å². The third-order valence-electron chi connectivity index (χ3n) is 5.85. The van der Waals surface area contributed by atoms with Gasteiger partial charge in [0.15, 0.2) is 11.5 Å². The number of benzene rings is 3. The van der Waals surface area contributed by atoms with Crippen LogP contribution >= 0.6 is 0 Å². The standard InChI is InChI=1S/C28H28FN3O4/c1-19-7-10-21(11-8-19)27-30-26(36-31-27)14-16-32(28(33)22-5-4-6-23(29)18-22)15-13-20-9-12-24(34-2)25(17-20)35-3/h4-12,17-18H,13-16H2,1-3H3. The molecule has 0 aliphatic carbocycles. The molecule has 1 heterocycles. The number of ether oxygens (including phenoxy) is 2. The number of hydrogen-bond donors (Lipinski definition) is 0. The molecule has 186 valence electrons. The van der Waals surface area contributed by atoms with Gasteiger partial charge in [0.1, 0.15) is 5.82 Å². The summed E-state index contributed by atoms with van der Waals surface area (Å²) in [6, 6.07) is 19.2. The highest BCUT2D eigenvalue weighted by molar-refractivity contribution is 5.94. The molecule has 0 aliphatic rings. The van der Waals surface area contributed by atoms with Crippen molar-refractivity contribution in [2.45, 2.75) is 19.8 Å². The molecule has 0 unspecified atom stereocenters. The molecule has 0 radical (unpaired) electrons. The van der Waals surface area contributed by atoms with Crippen molar-refractivity contribution < 1.29 is 23.2 Å². The van der Waals surface area contributed by atoms with Crippen LogP contribution in [0, 0.1) is 12.7 Å². The van der Waals surface area contributed by atoms with Gasteiger partial charge in [-0.1, -0.05) is 47.1 Å². The van der Waals surface area contributed by atoms with E-state index in [9.17, 15) is 9.18 Å². The van der Waals surface area contributed by atoms with Crippen LogP contribution in [0.2, 0.25) is 0 Å². The average Bonchev–Trinajstić information content (AvgIpc) is 3.37. The SMILES string of the molecule is COc1ccc(CCN(CCc2nc(-c3ccc(C)cc3)no2)C(=O)c2cccc(F)c2)cc1OC. The molecule has 0 bridgehead atoms. The van der Waals surface area contributed by atoms with E-state index in [-0.39, 0.29) is 11.5 Å². The van der Waals surface area contributed by atoms with Gasteiger partial charge in [-0.05, 0) is 49.2 Å². The maximum Gasteiger partial charge on any atom is 0.253 e. The average molecular weight is 490 g/mol. The zero-order valence-corrected chi connectivity index (χ0v) is 20.5. The Labute approximate surface area is 209 Å². The molecule has 0 atom stereocenters. The highest BCUT2D eigenvalue weighted by atomic mass is 19.1. The van der Waals surface area contributed by atoms with Crippen LogP contribution in [-0.2, 0) is 12.8 Å². The Morgan fingerprint density at radius 2 is 1.69 bits per heavy atom. The van der Waals surface area contributed by atoms with E-state index in [1.807, 2.05) is 49.4 Å². The summed E-state index contributed by atoms with van der Waals surface area (Å²) in [7, 11) is 3.16. The van der Waals surface area contributed by atoms with Gasteiger partial charge in [-0.25, -0.2) is 4.39 Å². The number of carbonyl (C=O) groups is 1. The Hall–Kier alpha value is -4.20. The molecule has 0 N–H and O–H groups in total. The molecule has 4 aromatic rings. The van der Waals surface area contributed by atoms with Crippen LogP contribution in [0.5, 0.6) is 11.5 Å². The zero-order chi connectivity index (χ0) is 25.5. The van der Waals surface area contributed by atoms with Crippen molar-refractivity contribution in [1.29, 1.82) is 0 Å². The van der Waals surface area contributed by atoms with E-state index in [2.05, 4.69) is 10.1 Å². The molecule has 1 aromatic heterocycles. The third kappa shape index (κ3) is 6.07. The number of rotatable bonds is 10. The fourth-order valence-electron chi connectivity index (χ4n) is 3.83. The topological polar surface area (TPSA) is 77.7 Å². The van der Waals surface area contributed by atoms with Crippen molar-refractivity contribution in [3.8, 4) is 22.9 Å². The summed E-state index contributed by atoms with van der Waals surface area (Å²) in [6.45, 7) is 2.75. The summed E-state index contributed by atoms with van der Waals surface area (Å²) in [5, 5.41) is 4.07. The maximum absolute atomic E-state index is 13.8. The van der Waals surface area contributed by atoms with Gasteiger partial charge in [0.25, 0.3) is 5.91 Å². The lowest BCUT2D eigenvalue weighted by Crippen LogP contribution is -2.35. The van der Waals surface area contributed by atoms with E-state index < -0.39 is 5.82 Å². The van der Waals surface area contributed by atoms with E-state index in [0.29, 0.717) is 49.1 Å². The molecular formula is C28H28FN3O4. The number of methoxy groups -OCH3 is 2. The molecule has 0 saturated heterocycles.